The molecule has 3 rings (SSSR count). The van der Waals surface area contributed by atoms with E-state index >= 15 is 0 Å². The van der Waals surface area contributed by atoms with Crippen LogP contribution < -0.4 is 5.32 Å². The third-order valence-electron chi connectivity index (χ3n) is 3.54. The van der Waals surface area contributed by atoms with E-state index in [9.17, 15) is 4.79 Å². The molecule has 0 unspecified atom stereocenters. The minimum Gasteiger partial charge on any atom is -0.325 e. The summed E-state index contributed by atoms with van der Waals surface area (Å²) in [6.07, 6.45) is 0. The molecular formula is C18H17N5OS. The summed E-state index contributed by atoms with van der Waals surface area (Å²) in [5.74, 6) is 1.23. The molecule has 3 aromatic rings. The molecule has 7 heteroatoms. The van der Waals surface area contributed by atoms with Gasteiger partial charge >= 0.3 is 0 Å². The standard InChI is InChI=1S/C18H17N5OS/c1-10-9-11(2)20-18(19-10)23-16-14(12(3)24)17(25)22-15(21-16)13-7-5-4-6-8-13/h4-9H,1-3H3,(H2,19,20,21,22,23,25). The van der Waals surface area contributed by atoms with Crippen LogP contribution in [0.25, 0.3) is 11.4 Å². The Kier molecular flexibility index (Phi) is 4.67. The topological polar surface area (TPSA) is 83.6 Å². The number of H-pyrrole nitrogens is 1. The highest BCUT2D eigenvalue weighted by Gasteiger charge is 2.15. The minimum absolute atomic E-state index is 0.180. The minimum atomic E-state index is -0.180. The van der Waals surface area contributed by atoms with Gasteiger partial charge in [0.1, 0.15) is 16.3 Å². The molecule has 0 aliphatic heterocycles. The highest BCUT2D eigenvalue weighted by atomic mass is 32.1. The maximum Gasteiger partial charge on any atom is 0.228 e. The second-order valence-electron chi connectivity index (χ2n) is 5.66. The Morgan fingerprint density at radius 1 is 1.08 bits per heavy atom. The summed E-state index contributed by atoms with van der Waals surface area (Å²) in [5.41, 5.74) is 2.84. The Morgan fingerprint density at radius 2 is 1.72 bits per heavy atom. The Balaban J connectivity index is 2.14. The van der Waals surface area contributed by atoms with Crippen LogP contribution in [-0.4, -0.2) is 25.7 Å². The van der Waals surface area contributed by atoms with Crippen molar-refractivity contribution in [2.45, 2.75) is 20.8 Å². The summed E-state index contributed by atoms with van der Waals surface area (Å²) in [6.45, 7) is 5.22. The fraction of sp³-hybridized carbons (Fsp3) is 0.167. The van der Waals surface area contributed by atoms with Gasteiger partial charge in [-0.1, -0.05) is 42.5 Å². The summed E-state index contributed by atoms with van der Waals surface area (Å²) in [5, 5.41) is 3.08. The van der Waals surface area contributed by atoms with Gasteiger partial charge in [0.2, 0.25) is 5.95 Å². The maximum atomic E-state index is 12.1. The van der Waals surface area contributed by atoms with Crippen LogP contribution in [0.5, 0.6) is 0 Å². The summed E-state index contributed by atoms with van der Waals surface area (Å²) < 4.78 is 0.233. The number of ketones is 1. The molecule has 1 aromatic carbocycles. The molecule has 0 spiro atoms. The van der Waals surface area contributed by atoms with Gasteiger partial charge in [-0.3, -0.25) is 4.79 Å². The predicted octanol–water partition coefficient (Wildman–Crippen LogP) is 4.16. The quantitative estimate of drug-likeness (QED) is 0.542. The number of nitrogens with zero attached hydrogens (tertiary/aromatic N) is 3. The molecule has 0 aliphatic carbocycles. The van der Waals surface area contributed by atoms with Crippen LogP contribution in [0.1, 0.15) is 28.7 Å². The van der Waals surface area contributed by atoms with Gasteiger partial charge in [0.25, 0.3) is 0 Å². The van der Waals surface area contributed by atoms with Gasteiger partial charge in [-0.25, -0.2) is 15.0 Å². The van der Waals surface area contributed by atoms with E-state index in [0.717, 1.165) is 17.0 Å². The van der Waals surface area contributed by atoms with Crippen molar-refractivity contribution in [1.82, 2.24) is 19.9 Å². The fourth-order valence-corrected chi connectivity index (χ4v) is 2.86. The van der Waals surface area contributed by atoms with Crippen LogP contribution in [0.15, 0.2) is 36.4 Å². The predicted molar refractivity (Wildman–Crippen MR) is 99.7 cm³/mol. The highest BCUT2D eigenvalue weighted by molar-refractivity contribution is 7.71. The third-order valence-corrected chi connectivity index (χ3v) is 3.83. The normalized spacial score (nSPS) is 10.5. The van der Waals surface area contributed by atoms with Crippen molar-refractivity contribution in [3.05, 3.63) is 58.0 Å². The molecule has 0 radical (unpaired) electrons. The largest absolute Gasteiger partial charge is 0.325 e. The second-order valence-corrected chi connectivity index (χ2v) is 6.05. The number of aromatic amines is 1. The van der Waals surface area contributed by atoms with Gasteiger partial charge < -0.3 is 10.3 Å². The summed E-state index contributed by atoms with van der Waals surface area (Å²) >= 11 is 5.34. The zero-order valence-electron chi connectivity index (χ0n) is 14.1. The third kappa shape index (κ3) is 3.77. The molecule has 0 saturated carbocycles. The molecule has 0 saturated heterocycles. The number of rotatable bonds is 4. The van der Waals surface area contributed by atoms with E-state index < -0.39 is 0 Å². The van der Waals surface area contributed by atoms with Crippen molar-refractivity contribution in [3.8, 4) is 11.4 Å². The van der Waals surface area contributed by atoms with Crippen molar-refractivity contribution >= 4 is 29.8 Å². The Hall–Kier alpha value is -2.93. The lowest BCUT2D eigenvalue weighted by Crippen LogP contribution is -2.09. The van der Waals surface area contributed by atoms with Crippen molar-refractivity contribution < 1.29 is 4.79 Å². The summed E-state index contributed by atoms with van der Waals surface area (Å²) in [6, 6.07) is 11.4. The summed E-state index contributed by atoms with van der Waals surface area (Å²) in [7, 11) is 0. The van der Waals surface area contributed by atoms with Gasteiger partial charge in [-0.15, -0.1) is 0 Å². The Labute approximate surface area is 150 Å². The molecule has 0 aliphatic rings. The van der Waals surface area contributed by atoms with Crippen molar-refractivity contribution in [1.29, 1.82) is 0 Å². The fourth-order valence-electron chi connectivity index (χ4n) is 2.52. The van der Waals surface area contributed by atoms with E-state index in [4.69, 9.17) is 12.2 Å². The molecule has 2 N–H and O–H groups in total. The van der Waals surface area contributed by atoms with Gasteiger partial charge in [0.15, 0.2) is 5.78 Å². The van der Waals surface area contributed by atoms with Crippen LogP contribution in [0.4, 0.5) is 11.8 Å². The van der Waals surface area contributed by atoms with Crippen LogP contribution >= 0.6 is 12.2 Å². The number of aryl methyl sites for hydroxylation is 2. The maximum absolute atomic E-state index is 12.1. The van der Waals surface area contributed by atoms with E-state index in [-0.39, 0.29) is 10.4 Å². The van der Waals surface area contributed by atoms with E-state index in [2.05, 4.69) is 25.3 Å². The first-order valence-corrected chi connectivity index (χ1v) is 8.15. The van der Waals surface area contributed by atoms with E-state index in [0.29, 0.717) is 23.2 Å². The molecule has 25 heavy (non-hydrogen) atoms. The first-order valence-electron chi connectivity index (χ1n) is 7.74. The monoisotopic (exact) mass is 351 g/mol. The molecule has 6 nitrogen and oxygen atoms in total. The van der Waals surface area contributed by atoms with Crippen LogP contribution in [0.3, 0.4) is 0 Å². The zero-order chi connectivity index (χ0) is 18.0. The lowest BCUT2D eigenvalue weighted by atomic mass is 10.2. The molecule has 126 valence electrons. The summed E-state index contributed by atoms with van der Waals surface area (Å²) in [4.78, 5) is 28.3. The average molecular weight is 351 g/mol. The first kappa shape index (κ1) is 16.9. The number of hydrogen-bond donors (Lipinski definition) is 2. The molecule has 2 heterocycles. The average Bonchev–Trinajstić information content (AvgIpc) is 2.53. The van der Waals surface area contributed by atoms with Crippen LogP contribution in [-0.2, 0) is 0 Å². The number of carbonyl (C=O) groups is 1. The molecule has 2 aromatic heterocycles. The lowest BCUT2D eigenvalue weighted by Gasteiger charge is -2.12. The Bertz CT molecular complexity index is 978. The van der Waals surface area contributed by atoms with Crippen LogP contribution in [0, 0.1) is 18.5 Å². The number of nitrogens with one attached hydrogen (secondary N) is 2. The van der Waals surface area contributed by atoms with Crippen molar-refractivity contribution in [2.75, 3.05) is 5.32 Å². The molecular weight excluding hydrogens is 334 g/mol. The van der Waals surface area contributed by atoms with Crippen LogP contribution in [0.2, 0.25) is 0 Å². The van der Waals surface area contributed by atoms with E-state index in [1.54, 1.807) is 0 Å². The number of benzene rings is 1. The van der Waals surface area contributed by atoms with Crippen molar-refractivity contribution in [2.24, 2.45) is 0 Å². The highest BCUT2D eigenvalue weighted by Crippen LogP contribution is 2.23. The number of hydrogen-bond acceptors (Lipinski definition) is 6. The van der Waals surface area contributed by atoms with E-state index in [1.165, 1.54) is 6.92 Å². The smallest absolute Gasteiger partial charge is 0.228 e. The van der Waals surface area contributed by atoms with Gasteiger partial charge in [0, 0.05) is 17.0 Å². The first-order chi connectivity index (χ1) is 11.9. The number of aromatic nitrogens is 4. The second kappa shape index (κ2) is 6.90. The number of Topliss-reactive ketones (excluding diaryl/α,β-unsaturated/α-hetero) is 1. The van der Waals surface area contributed by atoms with E-state index in [1.807, 2.05) is 50.2 Å². The molecule has 0 fully saturated rings. The zero-order valence-corrected chi connectivity index (χ0v) is 14.9. The number of anilines is 2. The van der Waals surface area contributed by atoms with Gasteiger partial charge in [-0.2, -0.15) is 0 Å². The van der Waals surface area contributed by atoms with Gasteiger partial charge in [0.05, 0.1) is 5.56 Å². The molecule has 0 bridgehead atoms. The molecule has 0 amide bonds. The Morgan fingerprint density at radius 3 is 2.32 bits per heavy atom. The SMILES string of the molecule is CC(=O)c1c(Nc2nc(C)cc(C)n2)[nH]c(-c2ccccc2)nc1=S. The van der Waals surface area contributed by atoms with Gasteiger partial charge in [-0.05, 0) is 26.8 Å². The van der Waals surface area contributed by atoms with Crippen molar-refractivity contribution in [3.63, 3.8) is 0 Å². The lowest BCUT2D eigenvalue weighted by molar-refractivity contribution is 0.101. The number of carbonyl (C=O) groups excluding carboxylic acids is 1. The molecule has 0 atom stereocenters.